The van der Waals surface area contributed by atoms with Crippen LogP contribution in [-0.2, 0) is 0 Å². The summed E-state index contributed by atoms with van der Waals surface area (Å²) in [4.78, 5) is 12.2. The van der Waals surface area contributed by atoms with Gasteiger partial charge in [-0.2, -0.15) is 0 Å². The van der Waals surface area contributed by atoms with Gasteiger partial charge >= 0.3 is 0 Å². The van der Waals surface area contributed by atoms with E-state index in [1.807, 2.05) is 23.6 Å². The molecule has 0 aliphatic rings. The molecule has 0 N–H and O–H groups in total. The average Bonchev–Trinajstić information content (AvgIpc) is 2.75. The van der Waals surface area contributed by atoms with Crippen LogP contribution in [0.4, 0.5) is 0 Å². The van der Waals surface area contributed by atoms with Crippen LogP contribution in [0.3, 0.4) is 0 Å². The highest BCUT2D eigenvalue weighted by Gasteiger charge is 2.14. The molecule has 16 heavy (non-hydrogen) atoms. The lowest BCUT2D eigenvalue weighted by Crippen LogP contribution is -2.02. The summed E-state index contributed by atoms with van der Waals surface area (Å²) < 4.78 is 6.28. The minimum absolute atomic E-state index is 0.0108. The fourth-order valence-electron chi connectivity index (χ4n) is 1.42. The Bertz CT molecular complexity index is 519. The van der Waals surface area contributed by atoms with Crippen molar-refractivity contribution < 1.29 is 9.53 Å². The van der Waals surface area contributed by atoms with Crippen LogP contribution in [0.2, 0.25) is 0 Å². The van der Waals surface area contributed by atoms with Gasteiger partial charge in [0.05, 0.1) is 15.6 Å². The summed E-state index contributed by atoms with van der Waals surface area (Å²) >= 11 is 3.77. The number of carbonyl (C=O) groups is 1. The standard InChI is InChI=1S/C12H9IO2S/c1-15-10-5-3-2-4-9(10)12(14)8-6-11(13)16-7-8/h2-7H,1H3. The molecule has 0 radical (unpaired) electrons. The van der Waals surface area contributed by atoms with Crippen LogP contribution < -0.4 is 4.74 Å². The summed E-state index contributed by atoms with van der Waals surface area (Å²) in [6.45, 7) is 0. The van der Waals surface area contributed by atoms with E-state index in [1.165, 1.54) is 0 Å². The van der Waals surface area contributed by atoms with E-state index < -0.39 is 0 Å². The number of para-hydroxylation sites is 1. The maximum atomic E-state index is 12.2. The van der Waals surface area contributed by atoms with Gasteiger partial charge in [0.15, 0.2) is 5.78 Å². The fraction of sp³-hybridized carbons (Fsp3) is 0.0833. The van der Waals surface area contributed by atoms with Gasteiger partial charge in [0.2, 0.25) is 0 Å². The van der Waals surface area contributed by atoms with Crippen LogP contribution in [0.5, 0.6) is 5.75 Å². The number of hydrogen-bond acceptors (Lipinski definition) is 3. The summed E-state index contributed by atoms with van der Waals surface area (Å²) in [6, 6.07) is 9.16. The third-order valence-corrected chi connectivity index (χ3v) is 3.97. The third-order valence-electron chi connectivity index (χ3n) is 2.18. The van der Waals surface area contributed by atoms with Gasteiger partial charge in [0.25, 0.3) is 0 Å². The normalized spacial score (nSPS) is 10.1. The van der Waals surface area contributed by atoms with Crippen molar-refractivity contribution in [2.24, 2.45) is 0 Å². The first-order valence-corrected chi connectivity index (χ1v) is 6.60. The van der Waals surface area contributed by atoms with Gasteiger partial charge in [-0.15, -0.1) is 11.3 Å². The van der Waals surface area contributed by atoms with E-state index in [9.17, 15) is 4.79 Å². The lowest BCUT2D eigenvalue weighted by molar-refractivity contribution is 0.103. The molecule has 0 spiro atoms. The van der Waals surface area contributed by atoms with Crippen LogP contribution in [-0.4, -0.2) is 12.9 Å². The lowest BCUT2D eigenvalue weighted by atomic mass is 10.1. The smallest absolute Gasteiger partial charge is 0.197 e. The van der Waals surface area contributed by atoms with Crippen LogP contribution in [0.15, 0.2) is 35.7 Å². The van der Waals surface area contributed by atoms with Gasteiger partial charge in [0, 0.05) is 10.9 Å². The highest BCUT2D eigenvalue weighted by Crippen LogP contribution is 2.24. The van der Waals surface area contributed by atoms with Crippen molar-refractivity contribution in [3.63, 3.8) is 0 Å². The van der Waals surface area contributed by atoms with Gasteiger partial charge in [0.1, 0.15) is 5.75 Å². The van der Waals surface area contributed by atoms with Crippen LogP contribution in [0.1, 0.15) is 15.9 Å². The maximum Gasteiger partial charge on any atom is 0.197 e. The molecule has 0 atom stereocenters. The topological polar surface area (TPSA) is 26.3 Å². The number of ketones is 1. The molecular formula is C12H9IO2S. The molecule has 0 saturated heterocycles. The summed E-state index contributed by atoms with van der Waals surface area (Å²) in [5, 5.41) is 1.87. The van der Waals surface area contributed by atoms with Gasteiger partial charge in [-0.25, -0.2) is 0 Å². The quantitative estimate of drug-likeness (QED) is 0.628. The number of ether oxygens (including phenoxy) is 1. The van der Waals surface area contributed by atoms with Crippen molar-refractivity contribution in [2.75, 3.05) is 7.11 Å². The Hall–Kier alpha value is -0.880. The second-order valence-corrected chi connectivity index (χ2v) is 5.97. The number of carbonyl (C=O) groups excluding carboxylic acids is 1. The molecule has 1 aromatic carbocycles. The molecule has 2 aromatic rings. The molecule has 0 saturated carbocycles. The van der Waals surface area contributed by atoms with Gasteiger partial charge in [-0.3, -0.25) is 4.79 Å². The first-order chi connectivity index (χ1) is 7.72. The van der Waals surface area contributed by atoms with E-state index in [-0.39, 0.29) is 5.78 Å². The summed E-state index contributed by atoms with van der Waals surface area (Å²) in [5.74, 6) is 0.630. The molecule has 0 amide bonds. The zero-order chi connectivity index (χ0) is 11.5. The molecule has 0 bridgehead atoms. The van der Waals surface area contributed by atoms with E-state index in [2.05, 4.69) is 22.6 Å². The van der Waals surface area contributed by atoms with E-state index in [0.29, 0.717) is 11.3 Å². The van der Waals surface area contributed by atoms with E-state index in [0.717, 1.165) is 8.45 Å². The second kappa shape index (κ2) is 4.97. The number of benzene rings is 1. The minimum Gasteiger partial charge on any atom is -0.496 e. The Morgan fingerprint density at radius 1 is 1.38 bits per heavy atom. The number of thiophene rings is 1. The minimum atomic E-state index is 0.0108. The molecule has 4 heteroatoms. The van der Waals surface area contributed by atoms with Gasteiger partial charge in [-0.05, 0) is 40.8 Å². The van der Waals surface area contributed by atoms with Crippen molar-refractivity contribution in [3.05, 3.63) is 49.7 Å². The summed E-state index contributed by atoms with van der Waals surface area (Å²) in [6.07, 6.45) is 0. The SMILES string of the molecule is COc1ccccc1C(=O)c1csc(I)c1. The van der Waals surface area contributed by atoms with Crippen LogP contribution >= 0.6 is 33.9 Å². The number of methoxy groups -OCH3 is 1. The molecular weight excluding hydrogens is 335 g/mol. The lowest BCUT2D eigenvalue weighted by Gasteiger charge is -2.05. The summed E-state index contributed by atoms with van der Waals surface area (Å²) in [7, 11) is 1.57. The van der Waals surface area contributed by atoms with E-state index >= 15 is 0 Å². The number of halogens is 1. The Morgan fingerprint density at radius 2 is 2.12 bits per heavy atom. The zero-order valence-corrected chi connectivity index (χ0v) is 11.5. The zero-order valence-electron chi connectivity index (χ0n) is 8.57. The molecule has 0 fully saturated rings. The Labute approximate surface area is 111 Å². The molecule has 2 rings (SSSR count). The van der Waals surface area contributed by atoms with Crippen LogP contribution in [0, 0.1) is 2.88 Å². The van der Waals surface area contributed by atoms with E-state index in [1.54, 1.807) is 30.6 Å². The molecule has 0 aliphatic carbocycles. The van der Waals surface area contributed by atoms with Crippen molar-refractivity contribution in [1.82, 2.24) is 0 Å². The first-order valence-electron chi connectivity index (χ1n) is 4.64. The molecule has 1 aromatic heterocycles. The maximum absolute atomic E-state index is 12.2. The highest BCUT2D eigenvalue weighted by atomic mass is 127. The molecule has 2 nitrogen and oxygen atoms in total. The predicted molar refractivity (Wildman–Crippen MR) is 73.5 cm³/mol. The summed E-state index contributed by atoms with van der Waals surface area (Å²) in [5.41, 5.74) is 1.33. The Kier molecular flexibility index (Phi) is 3.60. The van der Waals surface area contributed by atoms with Crippen molar-refractivity contribution in [1.29, 1.82) is 0 Å². The van der Waals surface area contributed by atoms with E-state index in [4.69, 9.17) is 4.74 Å². The largest absolute Gasteiger partial charge is 0.496 e. The third kappa shape index (κ3) is 2.27. The van der Waals surface area contributed by atoms with Crippen molar-refractivity contribution in [3.8, 4) is 5.75 Å². The second-order valence-electron chi connectivity index (χ2n) is 3.17. The molecule has 82 valence electrons. The predicted octanol–water partition coefficient (Wildman–Crippen LogP) is 3.59. The fourth-order valence-corrected chi connectivity index (χ4v) is 2.74. The van der Waals surface area contributed by atoms with Gasteiger partial charge in [-0.1, -0.05) is 12.1 Å². The van der Waals surface area contributed by atoms with Gasteiger partial charge < -0.3 is 4.74 Å². The average molecular weight is 344 g/mol. The van der Waals surface area contributed by atoms with Crippen molar-refractivity contribution in [2.45, 2.75) is 0 Å². The molecule has 0 unspecified atom stereocenters. The molecule has 0 aliphatic heterocycles. The number of rotatable bonds is 3. The Morgan fingerprint density at radius 3 is 2.75 bits per heavy atom. The van der Waals surface area contributed by atoms with Crippen molar-refractivity contribution >= 4 is 39.7 Å². The number of hydrogen-bond donors (Lipinski definition) is 0. The first kappa shape index (κ1) is 11.6. The molecule has 1 heterocycles. The Balaban J connectivity index is 2.41. The van der Waals surface area contributed by atoms with Crippen LogP contribution in [0.25, 0.3) is 0 Å². The monoisotopic (exact) mass is 344 g/mol. The highest BCUT2D eigenvalue weighted by molar-refractivity contribution is 14.1.